The quantitative estimate of drug-likeness (QED) is 0.752. The van der Waals surface area contributed by atoms with Gasteiger partial charge in [-0.15, -0.1) is 0 Å². The van der Waals surface area contributed by atoms with Crippen molar-refractivity contribution in [3.8, 4) is 0 Å². The number of hydrogen-bond donors (Lipinski definition) is 0. The molecule has 21 heavy (non-hydrogen) atoms. The SMILES string of the molecule is CCCN(C(=O)c1cc(S(=O)(=O)Cl)cn1C1CC1)C(C)C. The fourth-order valence-corrected chi connectivity index (χ4v) is 3.14. The van der Waals surface area contributed by atoms with E-state index >= 15 is 0 Å². The molecule has 1 saturated carbocycles. The van der Waals surface area contributed by atoms with Gasteiger partial charge in [0, 0.05) is 35.5 Å². The summed E-state index contributed by atoms with van der Waals surface area (Å²) in [6.07, 6.45) is 4.27. The lowest BCUT2D eigenvalue weighted by atomic mass is 10.2. The predicted molar refractivity (Wildman–Crippen MR) is 82.2 cm³/mol. The zero-order valence-corrected chi connectivity index (χ0v) is 14.1. The first-order valence-electron chi connectivity index (χ1n) is 7.23. The van der Waals surface area contributed by atoms with E-state index in [1.165, 1.54) is 12.3 Å². The smallest absolute Gasteiger partial charge is 0.270 e. The minimum absolute atomic E-state index is 0.000351. The highest BCUT2D eigenvalue weighted by atomic mass is 35.7. The number of amides is 1. The Morgan fingerprint density at radius 2 is 2.10 bits per heavy atom. The van der Waals surface area contributed by atoms with Gasteiger partial charge >= 0.3 is 0 Å². The predicted octanol–water partition coefficient (Wildman–Crippen LogP) is 3.01. The van der Waals surface area contributed by atoms with Crippen molar-refractivity contribution in [2.24, 2.45) is 0 Å². The standard InChI is InChI=1S/C14H21ClN2O3S/c1-4-7-16(10(2)3)14(18)13-8-12(21(15,19)20)9-17(13)11-5-6-11/h8-11H,4-7H2,1-3H3. The topological polar surface area (TPSA) is 59.4 Å². The van der Waals surface area contributed by atoms with Crippen LogP contribution in [0.1, 0.15) is 56.6 Å². The van der Waals surface area contributed by atoms with Crippen LogP contribution < -0.4 is 0 Å². The summed E-state index contributed by atoms with van der Waals surface area (Å²) in [4.78, 5) is 14.5. The van der Waals surface area contributed by atoms with E-state index in [-0.39, 0.29) is 22.9 Å². The molecule has 0 atom stereocenters. The molecule has 1 aliphatic carbocycles. The summed E-state index contributed by atoms with van der Waals surface area (Å²) in [7, 11) is 1.59. The second kappa shape index (κ2) is 6.01. The van der Waals surface area contributed by atoms with E-state index in [9.17, 15) is 13.2 Å². The number of rotatable bonds is 6. The minimum atomic E-state index is -3.82. The van der Waals surface area contributed by atoms with Crippen LogP contribution in [0.2, 0.25) is 0 Å². The summed E-state index contributed by atoms with van der Waals surface area (Å²) in [5, 5.41) is 0. The highest BCUT2D eigenvalue weighted by Gasteiger charge is 2.32. The van der Waals surface area contributed by atoms with Gasteiger partial charge in [-0.3, -0.25) is 4.79 Å². The van der Waals surface area contributed by atoms with Gasteiger partial charge in [-0.1, -0.05) is 6.92 Å². The summed E-state index contributed by atoms with van der Waals surface area (Å²) in [6, 6.07) is 1.68. The van der Waals surface area contributed by atoms with Gasteiger partial charge in [-0.2, -0.15) is 0 Å². The molecule has 0 N–H and O–H groups in total. The number of halogens is 1. The van der Waals surface area contributed by atoms with Crippen molar-refractivity contribution in [2.75, 3.05) is 6.54 Å². The molecule has 5 nitrogen and oxygen atoms in total. The van der Waals surface area contributed by atoms with Gasteiger partial charge in [0.1, 0.15) is 10.6 Å². The Balaban J connectivity index is 2.41. The molecule has 7 heteroatoms. The van der Waals surface area contributed by atoms with E-state index in [0.29, 0.717) is 12.2 Å². The number of carbonyl (C=O) groups is 1. The largest absolute Gasteiger partial charge is 0.339 e. The highest BCUT2D eigenvalue weighted by molar-refractivity contribution is 8.13. The Morgan fingerprint density at radius 1 is 1.48 bits per heavy atom. The zero-order valence-electron chi connectivity index (χ0n) is 12.5. The molecule has 1 amide bonds. The van der Waals surface area contributed by atoms with Gasteiger partial charge in [0.05, 0.1) is 0 Å². The van der Waals surface area contributed by atoms with E-state index < -0.39 is 9.05 Å². The maximum atomic E-state index is 12.7. The van der Waals surface area contributed by atoms with Gasteiger partial charge in [0.2, 0.25) is 0 Å². The van der Waals surface area contributed by atoms with Gasteiger partial charge in [-0.05, 0) is 39.2 Å². The molecule has 1 aromatic heterocycles. The molecule has 0 spiro atoms. The van der Waals surface area contributed by atoms with Crippen LogP contribution in [0.25, 0.3) is 0 Å². The molecular weight excluding hydrogens is 312 g/mol. The molecule has 0 radical (unpaired) electrons. The highest BCUT2D eigenvalue weighted by Crippen LogP contribution is 2.38. The van der Waals surface area contributed by atoms with Crippen molar-refractivity contribution in [3.63, 3.8) is 0 Å². The fraction of sp³-hybridized carbons (Fsp3) is 0.643. The number of aromatic nitrogens is 1. The lowest BCUT2D eigenvalue weighted by molar-refractivity contribution is 0.0694. The monoisotopic (exact) mass is 332 g/mol. The lowest BCUT2D eigenvalue weighted by Gasteiger charge is -2.26. The van der Waals surface area contributed by atoms with E-state index in [0.717, 1.165) is 19.3 Å². The van der Waals surface area contributed by atoms with Crippen molar-refractivity contribution in [3.05, 3.63) is 18.0 Å². The lowest BCUT2D eigenvalue weighted by Crippen LogP contribution is -2.38. The van der Waals surface area contributed by atoms with Crippen LogP contribution in [-0.2, 0) is 9.05 Å². The second-order valence-corrected chi connectivity index (χ2v) is 8.30. The maximum absolute atomic E-state index is 12.7. The molecule has 1 heterocycles. The van der Waals surface area contributed by atoms with Crippen molar-refractivity contribution in [2.45, 2.75) is 57.0 Å². The normalized spacial score (nSPS) is 15.5. The molecule has 118 valence electrons. The molecule has 2 rings (SSSR count). The summed E-state index contributed by atoms with van der Waals surface area (Å²) in [6.45, 7) is 6.57. The Morgan fingerprint density at radius 3 is 2.52 bits per heavy atom. The van der Waals surface area contributed by atoms with E-state index in [1.54, 1.807) is 9.47 Å². The van der Waals surface area contributed by atoms with Crippen LogP contribution in [0.15, 0.2) is 17.2 Å². The summed E-state index contributed by atoms with van der Waals surface area (Å²) in [5.74, 6) is -0.134. The van der Waals surface area contributed by atoms with Crippen LogP contribution >= 0.6 is 10.7 Å². The van der Waals surface area contributed by atoms with Crippen LogP contribution in [0, 0.1) is 0 Å². The van der Waals surface area contributed by atoms with E-state index in [1.807, 2.05) is 20.8 Å². The first-order valence-corrected chi connectivity index (χ1v) is 9.54. The van der Waals surface area contributed by atoms with Crippen LogP contribution in [0.5, 0.6) is 0 Å². The van der Waals surface area contributed by atoms with Crippen molar-refractivity contribution < 1.29 is 13.2 Å². The molecular formula is C14H21ClN2O3S. The first-order chi connectivity index (χ1) is 9.75. The van der Waals surface area contributed by atoms with Crippen molar-refractivity contribution in [1.82, 2.24) is 9.47 Å². The summed E-state index contributed by atoms with van der Waals surface area (Å²) < 4.78 is 24.8. The molecule has 0 bridgehead atoms. The molecule has 0 unspecified atom stereocenters. The molecule has 0 saturated heterocycles. The first kappa shape index (κ1) is 16.4. The third kappa shape index (κ3) is 3.61. The molecule has 1 fully saturated rings. The van der Waals surface area contributed by atoms with Crippen molar-refractivity contribution in [1.29, 1.82) is 0 Å². The van der Waals surface area contributed by atoms with Crippen LogP contribution in [0.4, 0.5) is 0 Å². The summed E-state index contributed by atoms with van der Waals surface area (Å²) in [5.41, 5.74) is 0.416. The van der Waals surface area contributed by atoms with Crippen LogP contribution in [0.3, 0.4) is 0 Å². The Bertz CT molecular complexity index is 633. The van der Waals surface area contributed by atoms with Gasteiger partial charge in [0.25, 0.3) is 15.0 Å². The van der Waals surface area contributed by atoms with Gasteiger partial charge in [-0.25, -0.2) is 8.42 Å². The van der Waals surface area contributed by atoms with Crippen molar-refractivity contribution >= 4 is 25.6 Å². The third-order valence-corrected chi connectivity index (χ3v) is 4.93. The zero-order chi connectivity index (χ0) is 15.8. The fourth-order valence-electron chi connectivity index (χ4n) is 2.40. The van der Waals surface area contributed by atoms with E-state index in [4.69, 9.17) is 10.7 Å². The average Bonchev–Trinajstić information content (AvgIpc) is 3.12. The minimum Gasteiger partial charge on any atom is -0.339 e. The maximum Gasteiger partial charge on any atom is 0.270 e. The van der Waals surface area contributed by atoms with Crippen LogP contribution in [-0.4, -0.2) is 36.4 Å². The molecule has 0 aliphatic heterocycles. The number of nitrogens with zero attached hydrogens (tertiary/aromatic N) is 2. The molecule has 1 aromatic rings. The van der Waals surface area contributed by atoms with E-state index in [2.05, 4.69) is 0 Å². The second-order valence-electron chi connectivity index (χ2n) is 5.73. The Labute approximate surface area is 130 Å². The van der Waals surface area contributed by atoms with Gasteiger partial charge < -0.3 is 9.47 Å². The Hall–Kier alpha value is -1.01. The molecule has 1 aliphatic rings. The third-order valence-electron chi connectivity index (χ3n) is 3.61. The van der Waals surface area contributed by atoms with Gasteiger partial charge in [0.15, 0.2) is 0 Å². The average molecular weight is 333 g/mol. The number of carbonyl (C=O) groups excluding carboxylic acids is 1. The molecule has 0 aromatic carbocycles. The Kier molecular flexibility index (Phi) is 4.68. The number of hydrogen-bond acceptors (Lipinski definition) is 3. The summed E-state index contributed by atoms with van der Waals surface area (Å²) >= 11 is 0.